The Morgan fingerprint density at radius 3 is 2.78 bits per heavy atom. The van der Waals surface area contributed by atoms with Crippen LogP contribution in [0, 0.1) is 6.92 Å². The molecule has 4 rings (SSSR count). The molecule has 1 aliphatic heterocycles. The van der Waals surface area contributed by atoms with E-state index in [2.05, 4.69) is 20.6 Å². The SMILES string of the molecule is Cc1cc(C(=O)NC2CCCCC2)nc(NCc2ccc3c(c2)OCO3)n1. The van der Waals surface area contributed by atoms with E-state index in [1.165, 1.54) is 19.3 Å². The van der Waals surface area contributed by atoms with E-state index >= 15 is 0 Å². The largest absolute Gasteiger partial charge is 0.454 e. The number of rotatable bonds is 5. The molecular formula is C20H24N4O3. The summed E-state index contributed by atoms with van der Waals surface area (Å²) < 4.78 is 10.7. The van der Waals surface area contributed by atoms with Gasteiger partial charge in [-0.25, -0.2) is 9.97 Å². The van der Waals surface area contributed by atoms with Gasteiger partial charge in [-0.2, -0.15) is 0 Å². The smallest absolute Gasteiger partial charge is 0.270 e. The van der Waals surface area contributed by atoms with Gasteiger partial charge in [0.2, 0.25) is 12.7 Å². The number of ether oxygens (including phenoxy) is 2. The van der Waals surface area contributed by atoms with Gasteiger partial charge in [0, 0.05) is 18.3 Å². The first-order valence-electron chi connectivity index (χ1n) is 9.46. The van der Waals surface area contributed by atoms with Crippen LogP contribution in [0.5, 0.6) is 11.5 Å². The highest BCUT2D eigenvalue weighted by atomic mass is 16.7. The van der Waals surface area contributed by atoms with Gasteiger partial charge in [-0.05, 0) is 43.5 Å². The lowest BCUT2D eigenvalue weighted by molar-refractivity contribution is 0.0922. The summed E-state index contributed by atoms with van der Waals surface area (Å²) in [5.74, 6) is 1.82. The molecule has 27 heavy (non-hydrogen) atoms. The minimum atomic E-state index is -0.126. The molecule has 2 aromatic rings. The van der Waals surface area contributed by atoms with Crippen LogP contribution in [0.15, 0.2) is 24.3 Å². The first-order chi connectivity index (χ1) is 13.2. The number of carbonyl (C=O) groups is 1. The molecule has 1 aliphatic carbocycles. The first-order valence-corrected chi connectivity index (χ1v) is 9.46. The molecule has 0 radical (unpaired) electrons. The normalized spacial score (nSPS) is 16.2. The Hall–Kier alpha value is -2.83. The van der Waals surface area contributed by atoms with E-state index in [0.29, 0.717) is 18.2 Å². The Morgan fingerprint density at radius 1 is 1.11 bits per heavy atom. The van der Waals surface area contributed by atoms with Crippen molar-refractivity contribution in [3.63, 3.8) is 0 Å². The van der Waals surface area contributed by atoms with Crippen molar-refractivity contribution in [1.82, 2.24) is 15.3 Å². The Kier molecular flexibility index (Phi) is 5.09. The summed E-state index contributed by atoms with van der Waals surface area (Å²) in [5.41, 5.74) is 2.19. The highest BCUT2D eigenvalue weighted by Crippen LogP contribution is 2.32. The Bertz CT molecular complexity index is 834. The van der Waals surface area contributed by atoms with Crippen LogP contribution in [0.25, 0.3) is 0 Å². The molecule has 2 N–H and O–H groups in total. The van der Waals surface area contributed by atoms with E-state index in [4.69, 9.17) is 9.47 Å². The van der Waals surface area contributed by atoms with E-state index in [-0.39, 0.29) is 18.7 Å². The summed E-state index contributed by atoms with van der Waals surface area (Å²) in [6.45, 7) is 2.65. The lowest BCUT2D eigenvalue weighted by Gasteiger charge is -2.22. The van der Waals surface area contributed by atoms with Crippen molar-refractivity contribution in [2.24, 2.45) is 0 Å². The summed E-state index contributed by atoms with van der Waals surface area (Å²) in [6.07, 6.45) is 5.70. The maximum absolute atomic E-state index is 12.6. The molecule has 7 heteroatoms. The van der Waals surface area contributed by atoms with Crippen LogP contribution < -0.4 is 20.1 Å². The van der Waals surface area contributed by atoms with Gasteiger partial charge in [-0.3, -0.25) is 4.79 Å². The number of aryl methyl sites for hydroxylation is 1. The van der Waals surface area contributed by atoms with Crippen molar-refractivity contribution in [3.05, 3.63) is 41.2 Å². The number of carbonyl (C=O) groups excluding carboxylic acids is 1. The molecule has 142 valence electrons. The average Bonchev–Trinajstić information content (AvgIpc) is 3.14. The van der Waals surface area contributed by atoms with E-state index < -0.39 is 0 Å². The lowest BCUT2D eigenvalue weighted by Crippen LogP contribution is -2.36. The zero-order valence-electron chi connectivity index (χ0n) is 15.5. The van der Waals surface area contributed by atoms with Crippen molar-refractivity contribution >= 4 is 11.9 Å². The zero-order chi connectivity index (χ0) is 18.6. The number of fused-ring (bicyclic) bond motifs is 1. The number of amides is 1. The number of nitrogens with one attached hydrogen (secondary N) is 2. The topological polar surface area (TPSA) is 85.4 Å². The van der Waals surface area contributed by atoms with Gasteiger partial charge in [0.1, 0.15) is 5.69 Å². The average molecular weight is 368 g/mol. The zero-order valence-corrected chi connectivity index (χ0v) is 15.5. The van der Waals surface area contributed by atoms with Crippen molar-refractivity contribution in [1.29, 1.82) is 0 Å². The molecule has 1 amide bonds. The van der Waals surface area contributed by atoms with Crippen LogP contribution in [-0.4, -0.2) is 28.7 Å². The van der Waals surface area contributed by atoms with Gasteiger partial charge in [-0.1, -0.05) is 25.3 Å². The lowest BCUT2D eigenvalue weighted by atomic mass is 9.95. The van der Waals surface area contributed by atoms with Crippen LogP contribution in [0.2, 0.25) is 0 Å². The third kappa shape index (κ3) is 4.30. The summed E-state index contributed by atoms with van der Waals surface area (Å²) >= 11 is 0. The van der Waals surface area contributed by atoms with Gasteiger partial charge >= 0.3 is 0 Å². The number of hydrogen-bond donors (Lipinski definition) is 2. The van der Waals surface area contributed by atoms with Gasteiger partial charge in [0.15, 0.2) is 11.5 Å². The molecule has 0 unspecified atom stereocenters. The minimum absolute atomic E-state index is 0.126. The monoisotopic (exact) mass is 368 g/mol. The second-order valence-corrected chi connectivity index (χ2v) is 7.07. The summed E-state index contributed by atoms with van der Waals surface area (Å²) in [4.78, 5) is 21.3. The predicted molar refractivity (Wildman–Crippen MR) is 101 cm³/mol. The Labute approximate surface area is 158 Å². The quantitative estimate of drug-likeness (QED) is 0.843. The van der Waals surface area contributed by atoms with Crippen molar-refractivity contribution in [2.75, 3.05) is 12.1 Å². The summed E-state index contributed by atoms with van der Waals surface area (Å²) in [5, 5.41) is 6.30. The summed E-state index contributed by atoms with van der Waals surface area (Å²) in [6, 6.07) is 7.77. The third-order valence-corrected chi connectivity index (χ3v) is 4.91. The second kappa shape index (κ2) is 7.82. The fourth-order valence-corrected chi connectivity index (χ4v) is 3.50. The maximum Gasteiger partial charge on any atom is 0.270 e. The molecule has 7 nitrogen and oxygen atoms in total. The van der Waals surface area contributed by atoms with Crippen molar-refractivity contribution in [3.8, 4) is 11.5 Å². The van der Waals surface area contributed by atoms with E-state index in [9.17, 15) is 4.79 Å². The Morgan fingerprint density at radius 2 is 1.93 bits per heavy atom. The van der Waals surface area contributed by atoms with Gasteiger partial charge in [0.05, 0.1) is 0 Å². The highest BCUT2D eigenvalue weighted by Gasteiger charge is 2.18. The van der Waals surface area contributed by atoms with Gasteiger partial charge in [-0.15, -0.1) is 0 Å². The summed E-state index contributed by atoms with van der Waals surface area (Å²) in [7, 11) is 0. The van der Waals surface area contributed by atoms with Crippen LogP contribution >= 0.6 is 0 Å². The van der Waals surface area contributed by atoms with Crippen molar-refractivity contribution in [2.45, 2.75) is 51.6 Å². The second-order valence-electron chi connectivity index (χ2n) is 7.07. The molecule has 1 fully saturated rings. The predicted octanol–water partition coefficient (Wildman–Crippen LogP) is 3.19. The molecule has 2 heterocycles. The molecule has 1 aromatic heterocycles. The van der Waals surface area contributed by atoms with Crippen LogP contribution in [-0.2, 0) is 6.54 Å². The van der Waals surface area contributed by atoms with E-state index in [0.717, 1.165) is 35.6 Å². The maximum atomic E-state index is 12.6. The molecule has 0 saturated heterocycles. The van der Waals surface area contributed by atoms with Gasteiger partial charge in [0.25, 0.3) is 5.91 Å². The fraction of sp³-hybridized carbons (Fsp3) is 0.450. The highest BCUT2D eigenvalue weighted by molar-refractivity contribution is 5.92. The Balaban J connectivity index is 1.41. The van der Waals surface area contributed by atoms with Gasteiger partial charge < -0.3 is 20.1 Å². The van der Waals surface area contributed by atoms with Crippen molar-refractivity contribution < 1.29 is 14.3 Å². The molecule has 2 aliphatic rings. The first kappa shape index (κ1) is 17.6. The van der Waals surface area contributed by atoms with Crippen LogP contribution in [0.3, 0.4) is 0 Å². The molecule has 0 spiro atoms. The number of hydrogen-bond acceptors (Lipinski definition) is 6. The number of benzene rings is 1. The number of aromatic nitrogens is 2. The van der Waals surface area contributed by atoms with E-state index in [1.807, 2.05) is 25.1 Å². The van der Waals surface area contributed by atoms with Crippen LogP contribution in [0.1, 0.15) is 53.8 Å². The molecule has 1 saturated carbocycles. The molecule has 0 bridgehead atoms. The molecular weight excluding hydrogens is 344 g/mol. The minimum Gasteiger partial charge on any atom is -0.454 e. The van der Waals surface area contributed by atoms with Crippen LogP contribution in [0.4, 0.5) is 5.95 Å². The molecule has 0 atom stereocenters. The standard InChI is InChI=1S/C20H24N4O3/c1-13-9-16(19(25)23-15-5-3-2-4-6-15)24-20(22-13)21-11-14-7-8-17-18(10-14)27-12-26-17/h7-10,15H,2-6,11-12H2,1H3,(H,23,25)(H,21,22,24). The molecule has 1 aromatic carbocycles. The number of anilines is 1. The fourth-order valence-electron chi connectivity index (χ4n) is 3.50. The van der Waals surface area contributed by atoms with E-state index in [1.54, 1.807) is 6.07 Å². The number of nitrogens with zero attached hydrogens (tertiary/aromatic N) is 2. The third-order valence-electron chi connectivity index (χ3n) is 4.91.